The van der Waals surface area contributed by atoms with Crippen molar-refractivity contribution in [1.82, 2.24) is 4.57 Å². The molecule has 0 bridgehead atoms. The Labute approximate surface area is 123 Å². The Kier molecular flexibility index (Phi) is 4.22. The second-order valence-corrected chi connectivity index (χ2v) is 6.15. The quantitative estimate of drug-likeness (QED) is 0.493. The number of aromatic nitrogens is 1. The van der Waals surface area contributed by atoms with Gasteiger partial charge in [-0.25, -0.2) is 0 Å². The van der Waals surface area contributed by atoms with Gasteiger partial charge in [-0.1, -0.05) is 0 Å². The van der Waals surface area contributed by atoms with Crippen molar-refractivity contribution >= 4 is 28.1 Å². The lowest BCUT2D eigenvalue weighted by Gasteiger charge is -2.14. The highest BCUT2D eigenvalue weighted by Crippen LogP contribution is 2.23. The SMILES string of the molecule is Cn1c(S(C)=O)ccc(C(O)=C2C(=O)CCCC2=O)c1=O. The molecule has 1 heterocycles. The van der Waals surface area contributed by atoms with Gasteiger partial charge in [0, 0.05) is 26.1 Å². The van der Waals surface area contributed by atoms with E-state index >= 15 is 0 Å². The first-order chi connectivity index (χ1) is 9.84. The van der Waals surface area contributed by atoms with E-state index in [9.17, 15) is 23.7 Å². The van der Waals surface area contributed by atoms with Crippen molar-refractivity contribution in [3.63, 3.8) is 0 Å². The Bertz CT molecular complexity index is 726. The largest absolute Gasteiger partial charge is 0.506 e. The predicted molar refractivity (Wildman–Crippen MR) is 77.4 cm³/mol. The van der Waals surface area contributed by atoms with Gasteiger partial charge in [0.25, 0.3) is 5.56 Å². The summed E-state index contributed by atoms with van der Waals surface area (Å²) in [6, 6.07) is 2.72. The van der Waals surface area contributed by atoms with Gasteiger partial charge >= 0.3 is 0 Å². The molecule has 1 saturated carbocycles. The fraction of sp³-hybridized carbons (Fsp3) is 0.357. The summed E-state index contributed by atoms with van der Waals surface area (Å²) in [4.78, 5) is 35.8. The van der Waals surface area contributed by atoms with Crippen LogP contribution in [0, 0.1) is 0 Å². The Hall–Kier alpha value is -2.02. The molecular formula is C14H15NO5S. The number of aliphatic hydroxyl groups excluding tert-OH is 1. The van der Waals surface area contributed by atoms with E-state index in [0.29, 0.717) is 11.4 Å². The number of allylic oxidation sites excluding steroid dienone is 1. The molecule has 1 atom stereocenters. The zero-order valence-corrected chi connectivity index (χ0v) is 12.5. The van der Waals surface area contributed by atoms with Gasteiger partial charge in [-0.2, -0.15) is 0 Å². The molecule has 1 fully saturated rings. The second-order valence-electron chi connectivity index (χ2n) is 4.83. The van der Waals surface area contributed by atoms with Crippen LogP contribution in [0.2, 0.25) is 0 Å². The second kappa shape index (κ2) is 5.77. The Morgan fingerprint density at radius 1 is 1.19 bits per heavy atom. The molecule has 6 nitrogen and oxygen atoms in total. The molecule has 0 spiro atoms. The maximum Gasteiger partial charge on any atom is 0.262 e. The molecule has 0 radical (unpaired) electrons. The number of hydrogen-bond donors (Lipinski definition) is 1. The molecule has 0 aliphatic heterocycles. The Balaban J connectivity index is 2.64. The van der Waals surface area contributed by atoms with E-state index in [0.717, 1.165) is 4.57 Å². The predicted octanol–water partition coefficient (Wildman–Crippen LogP) is 0.714. The highest BCUT2D eigenvalue weighted by Gasteiger charge is 2.28. The van der Waals surface area contributed by atoms with E-state index in [1.54, 1.807) is 0 Å². The van der Waals surface area contributed by atoms with Crippen LogP contribution in [-0.4, -0.2) is 31.7 Å². The van der Waals surface area contributed by atoms with E-state index in [2.05, 4.69) is 0 Å². The summed E-state index contributed by atoms with van der Waals surface area (Å²) in [6.07, 6.45) is 2.26. The van der Waals surface area contributed by atoms with Crippen LogP contribution in [0.5, 0.6) is 0 Å². The van der Waals surface area contributed by atoms with E-state index in [-0.39, 0.29) is 24.0 Å². The fourth-order valence-electron chi connectivity index (χ4n) is 2.30. The minimum atomic E-state index is -1.36. The third-order valence-corrected chi connectivity index (χ3v) is 4.41. The number of nitrogens with zero attached hydrogens (tertiary/aromatic N) is 1. The molecule has 1 aliphatic rings. The van der Waals surface area contributed by atoms with Gasteiger partial charge in [0.05, 0.1) is 16.4 Å². The molecule has 2 rings (SSSR count). The highest BCUT2D eigenvalue weighted by atomic mass is 32.2. The van der Waals surface area contributed by atoms with Gasteiger partial charge < -0.3 is 9.67 Å². The van der Waals surface area contributed by atoms with Crippen molar-refractivity contribution in [2.24, 2.45) is 7.05 Å². The number of ketones is 2. The minimum Gasteiger partial charge on any atom is -0.506 e. The molecule has 1 N–H and O–H groups in total. The number of carbonyl (C=O) groups is 2. The topological polar surface area (TPSA) is 93.4 Å². The molecule has 0 amide bonds. The molecule has 0 saturated heterocycles. The van der Waals surface area contributed by atoms with Gasteiger partial charge in [-0.05, 0) is 18.6 Å². The third kappa shape index (κ3) is 2.73. The lowest BCUT2D eigenvalue weighted by Crippen LogP contribution is -2.26. The van der Waals surface area contributed by atoms with Crippen LogP contribution < -0.4 is 5.56 Å². The van der Waals surface area contributed by atoms with Crippen LogP contribution in [0.25, 0.3) is 5.76 Å². The number of Topliss-reactive ketones (excluding diaryl/α,β-unsaturated/α-hetero) is 2. The fourth-order valence-corrected chi connectivity index (χ4v) is 3.03. The van der Waals surface area contributed by atoms with E-state index in [1.165, 1.54) is 25.4 Å². The molecule has 0 aromatic carbocycles. The number of rotatable bonds is 2. The van der Waals surface area contributed by atoms with Gasteiger partial charge in [-0.3, -0.25) is 18.6 Å². The van der Waals surface area contributed by atoms with Crippen molar-refractivity contribution in [1.29, 1.82) is 0 Å². The van der Waals surface area contributed by atoms with Gasteiger partial charge in [0.1, 0.15) is 16.4 Å². The molecule has 1 aromatic rings. The van der Waals surface area contributed by atoms with Crippen LogP contribution >= 0.6 is 0 Å². The molecule has 7 heteroatoms. The van der Waals surface area contributed by atoms with Crippen LogP contribution in [0.1, 0.15) is 24.8 Å². The molecule has 1 unspecified atom stereocenters. The summed E-state index contributed by atoms with van der Waals surface area (Å²) in [5, 5.41) is 10.5. The first-order valence-electron chi connectivity index (χ1n) is 6.38. The standard InChI is InChI=1S/C14H15NO5S/c1-15-11(21(2)20)7-6-8(14(15)19)13(18)12-9(16)4-3-5-10(12)17/h6-7,18H,3-5H2,1-2H3. The molecule has 112 valence electrons. The van der Waals surface area contributed by atoms with Gasteiger partial charge in [0.2, 0.25) is 0 Å². The number of pyridine rings is 1. The van der Waals surface area contributed by atoms with Crippen molar-refractivity contribution < 1.29 is 18.9 Å². The van der Waals surface area contributed by atoms with E-state index in [1.807, 2.05) is 0 Å². The average molecular weight is 309 g/mol. The first kappa shape index (κ1) is 15.4. The van der Waals surface area contributed by atoms with Gasteiger partial charge in [-0.15, -0.1) is 0 Å². The van der Waals surface area contributed by atoms with Crippen LogP contribution in [-0.2, 0) is 27.4 Å². The van der Waals surface area contributed by atoms with Crippen LogP contribution in [0.4, 0.5) is 0 Å². The third-order valence-electron chi connectivity index (χ3n) is 3.41. The minimum absolute atomic E-state index is 0.134. The summed E-state index contributed by atoms with van der Waals surface area (Å²) in [7, 11) is 0.0620. The zero-order chi connectivity index (χ0) is 15.7. The summed E-state index contributed by atoms with van der Waals surface area (Å²) < 4.78 is 12.6. The van der Waals surface area contributed by atoms with Crippen molar-refractivity contribution in [2.45, 2.75) is 24.3 Å². The lowest BCUT2D eigenvalue weighted by atomic mass is 9.90. The average Bonchev–Trinajstić information content (AvgIpc) is 2.41. The summed E-state index contributed by atoms with van der Waals surface area (Å²) in [5.74, 6) is -1.48. The van der Waals surface area contributed by atoms with E-state index < -0.39 is 33.7 Å². The lowest BCUT2D eigenvalue weighted by molar-refractivity contribution is -0.123. The number of carbonyl (C=O) groups excluding carboxylic acids is 2. The number of aliphatic hydroxyl groups is 1. The summed E-state index contributed by atoms with van der Waals surface area (Å²) >= 11 is 0. The Morgan fingerprint density at radius 2 is 1.76 bits per heavy atom. The van der Waals surface area contributed by atoms with Crippen LogP contribution in [0.3, 0.4) is 0 Å². The van der Waals surface area contributed by atoms with Crippen molar-refractivity contribution in [2.75, 3.05) is 6.26 Å². The normalized spacial score (nSPS) is 17.0. The molecule has 1 aliphatic carbocycles. The molecule has 21 heavy (non-hydrogen) atoms. The monoisotopic (exact) mass is 309 g/mol. The molecular weight excluding hydrogens is 294 g/mol. The maximum atomic E-state index is 12.2. The smallest absolute Gasteiger partial charge is 0.262 e. The van der Waals surface area contributed by atoms with Crippen molar-refractivity contribution in [3.8, 4) is 0 Å². The van der Waals surface area contributed by atoms with Crippen LogP contribution in [0.15, 0.2) is 27.5 Å². The first-order valence-corrected chi connectivity index (χ1v) is 7.94. The summed E-state index contributed by atoms with van der Waals surface area (Å²) in [5.41, 5.74) is -1.03. The molecule has 1 aromatic heterocycles. The van der Waals surface area contributed by atoms with Crippen molar-refractivity contribution in [3.05, 3.63) is 33.6 Å². The number of hydrogen-bond acceptors (Lipinski definition) is 5. The van der Waals surface area contributed by atoms with E-state index in [4.69, 9.17) is 0 Å². The Morgan fingerprint density at radius 3 is 2.29 bits per heavy atom. The van der Waals surface area contributed by atoms with Gasteiger partial charge in [0.15, 0.2) is 11.6 Å². The highest BCUT2D eigenvalue weighted by molar-refractivity contribution is 7.84. The summed E-state index contributed by atoms with van der Waals surface area (Å²) in [6.45, 7) is 0. The maximum absolute atomic E-state index is 12.2. The zero-order valence-electron chi connectivity index (χ0n) is 11.7.